The number of para-hydroxylation sites is 1. The number of aromatic amines is 1. The number of ether oxygens (including phenoxy) is 1. The van der Waals surface area contributed by atoms with E-state index in [1.165, 1.54) is 0 Å². The highest BCUT2D eigenvalue weighted by Crippen LogP contribution is 2.18. The molecule has 0 radical (unpaired) electrons. The van der Waals surface area contributed by atoms with Crippen LogP contribution in [0, 0.1) is 0 Å². The smallest absolute Gasteiger partial charge is 0.323 e. The Balaban J connectivity index is 1.51. The van der Waals surface area contributed by atoms with Gasteiger partial charge in [0.15, 0.2) is 0 Å². The highest BCUT2D eigenvalue weighted by molar-refractivity contribution is 5.99. The second-order valence-corrected chi connectivity index (χ2v) is 7.85. The lowest BCUT2D eigenvalue weighted by atomic mass is 10.2. The summed E-state index contributed by atoms with van der Waals surface area (Å²) in [5.41, 5.74) is 6.08. The Morgan fingerprint density at radius 2 is 1.91 bits per heavy atom. The molecule has 9 nitrogen and oxygen atoms in total. The average Bonchev–Trinajstić information content (AvgIpc) is 3.28. The molecule has 4 aromatic rings. The molecule has 0 aliphatic heterocycles. The molecule has 9 heteroatoms. The standard InChI is InChI=1S/C25H30N8O/c1-3-13-33(14-4-2)24-29-23(30-25(31-24)34-15-11-19-8-7-12-26-16-19)32-28-18-20-17-27-22-10-6-5-9-21(20)22/h5-10,12,16-18,27H,3-4,11,13-15H2,1-2H3,(H,29,30,31,32)/b28-18+. The number of anilines is 2. The lowest BCUT2D eigenvalue weighted by molar-refractivity contribution is 0.295. The highest BCUT2D eigenvalue weighted by Gasteiger charge is 2.13. The summed E-state index contributed by atoms with van der Waals surface area (Å²) in [5, 5.41) is 5.46. The van der Waals surface area contributed by atoms with Gasteiger partial charge in [-0.25, -0.2) is 5.43 Å². The number of hydrogen-bond donors (Lipinski definition) is 2. The molecule has 34 heavy (non-hydrogen) atoms. The summed E-state index contributed by atoms with van der Waals surface area (Å²) < 4.78 is 5.89. The van der Waals surface area contributed by atoms with Crippen LogP contribution in [-0.2, 0) is 6.42 Å². The fourth-order valence-electron chi connectivity index (χ4n) is 3.62. The topological polar surface area (TPSA) is 104 Å². The van der Waals surface area contributed by atoms with Gasteiger partial charge in [-0.15, -0.1) is 0 Å². The lowest BCUT2D eigenvalue weighted by Gasteiger charge is -2.21. The van der Waals surface area contributed by atoms with E-state index in [1.54, 1.807) is 12.4 Å². The van der Waals surface area contributed by atoms with E-state index in [-0.39, 0.29) is 6.01 Å². The average molecular weight is 459 g/mol. The molecule has 0 atom stereocenters. The first-order valence-electron chi connectivity index (χ1n) is 11.6. The van der Waals surface area contributed by atoms with Gasteiger partial charge in [0, 0.05) is 54.6 Å². The molecule has 0 spiro atoms. The van der Waals surface area contributed by atoms with Crippen molar-refractivity contribution >= 4 is 29.0 Å². The number of H-pyrrole nitrogens is 1. The third-order valence-electron chi connectivity index (χ3n) is 5.21. The van der Waals surface area contributed by atoms with Crippen molar-refractivity contribution in [2.45, 2.75) is 33.1 Å². The van der Waals surface area contributed by atoms with Gasteiger partial charge in [-0.2, -0.15) is 20.1 Å². The fourth-order valence-corrected chi connectivity index (χ4v) is 3.62. The van der Waals surface area contributed by atoms with Gasteiger partial charge in [-0.3, -0.25) is 4.98 Å². The maximum absolute atomic E-state index is 5.89. The summed E-state index contributed by atoms with van der Waals surface area (Å²) in [6.07, 6.45) is 9.96. The van der Waals surface area contributed by atoms with Gasteiger partial charge in [0.05, 0.1) is 12.8 Å². The Bertz CT molecular complexity index is 1200. The van der Waals surface area contributed by atoms with Crippen LogP contribution in [0.3, 0.4) is 0 Å². The molecule has 0 amide bonds. The Labute approximate surface area is 199 Å². The summed E-state index contributed by atoms with van der Waals surface area (Å²) in [7, 11) is 0. The largest absolute Gasteiger partial charge is 0.463 e. The molecule has 3 heterocycles. The van der Waals surface area contributed by atoms with Crippen LogP contribution in [0.15, 0.2) is 60.1 Å². The Hall–Kier alpha value is -4.01. The van der Waals surface area contributed by atoms with Crippen molar-refractivity contribution in [2.75, 3.05) is 30.0 Å². The predicted molar refractivity (Wildman–Crippen MR) is 136 cm³/mol. The predicted octanol–water partition coefficient (Wildman–Crippen LogP) is 4.44. The van der Waals surface area contributed by atoms with Crippen LogP contribution < -0.4 is 15.1 Å². The second-order valence-electron chi connectivity index (χ2n) is 7.85. The SMILES string of the molecule is CCCN(CCC)c1nc(N/N=C/c2c[nH]c3ccccc23)nc(OCCc2cccnc2)n1. The molecule has 0 aliphatic carbocycles. The quantitative estimate of drug-likeness (QED) is 0.239. The van der Waals surface area contributed by atoms with Crippen LogP contribution in [0.2, 0.25) is 0 Å². The molecule has 0 unspecified atom stereocenters. The molecule has 0 saturated carbocycles. The molecule has 1 aromatic carbocycles. The summed E-state index contributed by atoms with van der Waals surface area (Å²) >= 11 is 0. The first kappa shape index (κ1) is 23.2. The monoisotopic (exact) mass is 458 g/mol. The minimum Gasteiger partial charge on any atom is -0.463 e. The first-order valence-corrected chi connectivity index (χ1v) is 11.6. The van der Waals surface area contributed by atoms with Gasteiger partial charge in [-0.1, -0.05) is 38.1 Å². The molecule has 0 bridgehead atoms. The zero-order chi connectivity index (χ0) is 23.6. The number of fused-ring (bicyclic) bond motifs is 1. The van der Waals surface area contributed by atoms with Crippen molar-refractivity contribution in [3.8, 4) is 6.01 Å². The molecule has 0 saturated heterocycles. The fraction of sp³-hybridized carbons (Fsp3) is 0.320. The number of aromatic nitrogens is 5. The molecule has 4 rings (SSSR count). The zero-order valence-corrected chi connectivity index (χ0v) is 19.6. The molecule has 2 N–H and O–H groups in total. The summed E-state index contributed by atoms with van der Waals surface area (Å²) in [6, 6.07) is 12.3. The minimum absolute atomic E-state index is 0.274. The van der Waals surface area contributed by atoms with E-state index >= 15 is 0 Å². The molecule has 3 aromatic heterocycles. The Morgan fingerprint density at radius 3 is 2.71 bits per heavy atom. The third kappa shape index (κ3) is 6.06. The molecular formula is C25H30N8O. The van der Waals surface area contributed by atoms with Crippen LogP contribution >= 0.6 is 0 Å². The Morgan fingerprint density at radius 1 is 1.06 bits per heavy atom. The van der Waals surface area contributed by atoms with Gasteiger partial charge < -0.3 is 14.6 Å². The normalized spacial score (nSPS) is 11.2. The minimum atomic E-state index is 0.274. The summed E-state index contributed by atoms with van der Waals surface area (Å²) in [5.74, 6) is 0.926. The van der Waals surface area contributed by atoms with Crippen LogP contribution in [0.25, 0.3) is 10.9 Å². The van der Waals surface area contributed by atoms with Crippen molar-refractivity contribution in [2.24, 2.45) is 5.10 Å². The number of pyridine rings is 1. The summed E-state index contributed by atoms with van der Waals surface area (Å²) in [6.45, 7) is 6.42. The number of nitrogens with zero attached hydrogens (tertiary/aromatic N) is 6. The van der Waals surface area contributed by atoms with Gasteiger partial charge in [0.2, 0.25) is 5.95 Å². The zero-order valence-electron chi connectivity index (χ0n) is 19.6. The molecular weight excluding hydrogens is 428 g/mol. The van der Waals surface area contributed by atoms with Gasteiger partial charge >= 0.3 is 6.01 Å². The number of rotatable bonds is 12. The van der Waals surface area contributed by atoms with E-state index in [2.05, 4.69) is 60.3 Å². The van der Waals surface area contributed by atoms with E-state index < -0.39 is 0 Å². The van der Waals surface area contributed by atoms with Crippen molar-refractivity contribution in [3.05, 3.63) is 66.1 Å². The maximum Gasteiger partial charge on any atom is 0.323 e. The third-order valence-corrected chi connectivity index (χ3v) is 5.21. The van der Waals surface area contributed by atoms with E-state index in [4.69, 9.17) is 4.74 Å². The number of benzene rings is 1. The van der Waals surface area contributed by atoms with E-state index in [0.29, 0.717) is 24.9 Å². The molecule has 0 fully saturated rings. The number of nitrogens with one attached hydrogen (secondary N) is 2. The van der Waals surface area contributed by atoms with Crippen molar-refractivity contribution in [3.63, 3.8) is 0 Å². The highest BCUT2D eigenvalue weighted by atomic mass is 16.5. The van der Waals surface area contributed by atoms with Gasteiger partial charge in [-0.05, 0) is 30.5 Å². The number of hydrazone groups is 1. The number of hydrogen-bond acceptors (Lipinski definition) is 8. The summed E-state index contributed by atoms with van der Waals surface area (Å²) in [4.78, 5) is 23.1. The van der Waals surface area contributed by atoms with Gasteiger partial charge in [0.1, 0.15) is 0 Å². The Kier molecular flexibility index (Phi) is 7.99. The van der Waals surface area contributed by atoms with Crippen LogP contribution in [0.4, 0.5) is 11.9 Å². The van der Waals surface area contributed by atoms with E-state index in [1.807, 2.05) is 42.7 Å². The maximum atomic E-state index is 5.89. The van der Waals surface area contributed by atoms with E-state index in [0.717, 1.165) is 48.0 Å². The van der Waals surface area contributed by atoms with Crippen molar-refractivity contribution < 1.29 is 4.74 Å². The first-order chi connectivity index (χ1) is 16.8. The van der Waals surface area contributed by atoms with Crippen LogP contribution in [0.1, 0.15) is 37.8 Å². The second kappa shape index (κ2) is 11.7. The van der Waals surface area contributed by atoms with Crippen LogP contribution in [-0.4, -0.2) is 50.8 Å². The lowest BCUT2D eigenvalue weighted by Crippen LogP contribution is -2.27. The van der Waals surface area contributed by atoms with Crippen molar-refractivity contribution in [1.29, 1.82) is 0 Å². The van der Waals surface area contributed by atoms with E-state index in [9.17, 15) is 0 Å². The van der Waals surface area contributed by atoms with Crippen LogP contribution in [0.5, 0.6) is 6.01 Å². The molecule has 176 valence electrons. The van der Waals surface area contributed by atoms with Crippen molar-refractivity contribution in [1.82, 2.24) is 24.9 Å². The molecule has 0 aliphatic rings. The van der Waals surface area contributed by atoms with Gasteiger partial charge in [0.25, 0.3) is 5.95 Å².